The number of amides is 1. The van der Waals surface area contributed by atoms with Crippen molar-refractivity contribution < 1.29 is 4.79 Å². The summed E-state index contributed by atoms with van der Waals surface area (Å²) in [4.78, 5) is 26.1. The predicted molar refractivity (Wildman–Crippen MR) is 131 cm³/mol. The summed E-state index contributed by atoms with van der Waals surface area (Å²) in [5, 5.41) is 4.25. The number of nitrogens with zero attached hydrogens (tertiary/aromatic N) is 5. The van der Waals surface area contributed by atoms with Crippen LogP contribution in [-0.2, 0) is 11.2 Å². The van der Waals surface area contributed by atoms with Gasteiger partial charge in [0, 0.05) is 55.3 Å². The van der Waals surface area contributed by atoms with Crippen LogP contribution in [-0.4, -0.2) is 63.5 Å². The van der Waals surface area contributed by atoms with E-state index in [4.69, 9.17) is 4.98 Å². The number of likely N-dealkylation sites (N-methyl/N-ethyl adjacent to an activating group) is 1. The van der Waals surface area contributed by atoms with Crippen LogP contribution in [0, 0.1) is 6.92 Å². The Hall–Kier alpha value is -3.71. The van der Waals surface area contributed by atoms with E-state index in [1.165, 1.54) is 5.56 Å². The maximum Gasteiger partial charge on any atom is 0.229 e. The van der Waals surface area contributed by atoms with Gasteiger partial charge in [0.25, 0.3) is 0 Å². The van der Waals surface area contributed by atoms with Crippen LogP contribution < -0.4 is 5.32 Å². The average molecular weight is 441 g/mol. The number of fused-ring (bicyclic) bond motifs is 1. The topological polar surface area (TPSA) is 66.3 Å². The van der Waals surface area contributed by atoms with Gasteiger partial charge in [-0.1, -0.05) is 29.8 Å². The van der Waals surface area contributed by atoms with Crippen LogP contribution in [0.1, 0.15) is 11.1 Å². The Morgan fingerprint density at radius 2 is 1.70 bits per heavy atom. The van der Waals surface area contributed by atoms with Crippen LogP contribution in [0.5, 0.6) is 0 Å². The molecule has 33 heavy (non-hydrogen) atoms. The monoisotopic (exact) mass is 440 g/mol. The molecule has 168 valence electrons. The Morgan fingerprint density at radius 1 is 0.970 bits per heavy atom. The molecule has 0 unspecified atom stereocenters. The number of rotatable bonds is 5. The molecule has 1 aliphatic rings. The molecule has 0 atom stereocenters. The van der Waals surface area contributed by atoms with Crippen molar-refractivity contribution in [2.45, 2.75) is 13.3 Å². The highest BCUT2D eigenvalue weighted by Gasteiger charge is 2.19. The highest BCUT2D eigenvalue weighted by molar-refractivity contribution is 5.80. The average Bonchev–Trinajstić information content (AvgIpc) is 3.25. The molecule has 0 spiro atoms. The highest BCUT2D eigenvalue weighted by Crippen LogP contribution is 2.22. The molecule has 7 nitrogen and oxygen atoms in total. The fourth-order valence-corrected chi connectivity index (χ4v) is 4.07. The second-order valence-corrected chi connectivity index (χ2v) is 8.68. The van der Waals surface area contributed by atoms with Crippen molar-refractivity contribution in [2.24, 2.45) is 0 Å². The lowest BCUT2D eigenvalue weighted by atomic mass is 10.1. The van der Waals surface area contributed by atoms with Gasteiger partial charge in [-0.25, -0.2) is 4.98 Å². The lowest BCUT2D eigenvalue weighted by Gasteiger charge is -2.32. The summed E-state index contributed by atoms with van der Waals surface area (Å²) in [6.45, 7) is 5.55. The van der Waals surface area contributed by atoms with Gasteiger partial charge in [0.2, 0.25) is 11.9 Å². The predicted octanol–water partition coefficient (Wildman–Crippen LogP) is 3.79. The fraction of sp³-hybridized carbons (Fsp3) is 0.269. The zero-order valence-corrected chi connectivity index (χ0v) is 19.0. The third-order valence-electron chi connectivity index (χ3n) is 6.16. The molecule has 3 heterocycles. The van der Waals surface area contributed by atoms with E-state index in [1.54, 1.807) is 0 Å². The standard InChI is InChI=1S/C26H28N6O/c1-19-3-7-22(8-4-19)28-26-27-18-21-11-12-32(25(21)29-26)23-9-5-20(6-10-23)17-24(33)31-15-13-30(2)14-16-31/h3-12,18H,13-17H2,1-2H3,(H,27,28,29). The van der Waals surface area contributed by atoms with Gasteiger partial charge in [0.15, 0.2) is 0 Å². The quantitative estimate of drug-likeness (QED) is 0.512. The summed E-state index contributed by atoms with van der Waals surface area (Å²) in [6.07, 6.45) is 4.26. The highest BCUT2D eigenvalue weighted by atomic mass is 16.2. The van der Waals surface area contributed by atoms with Gasteiger partial charge < -0.3 is 19.7 Å². The van der Waals surface area contributed by atoms with Gasteiger partial charge in [0.1, 0.15) is 5.65 Å². The molecule has 7 heteroatoms. The van der Waals surface area contributed by atoms with Gasteiger partial charge >= 0.3 is 0 Å². The SMILES string of the molecule is Cc1ccc(Nc2ncc3ccn(-c4ccc(CC(=O)N5CCN(C)CC5)cc4)c3n2)cc1. The maximum absolute atomic E-state index is 12.6. The Morgan fingerprint density at radius 3 is 2.42 bits per heavy atom. The smallest absolute Gasteiger partial charge is 0.229 e. The largest absolute Gasteiger partial charge is 0.340 e. The van der Waals surface area contributed by atoms with Crippen molar-refractivity contribution in [1.82, 2.24) is 24.3 Å². The minimum atomic E-state index is 0.196. The zero-order chi connectivity index (χ0) is 22.8. The lowest BCUT2D eigenvalue weighted by Crippen LogP contribution is -2.47. The maximum atomic E-state index is 12.6. The first-order chi connectivity index (χ1) is 16.0. The molecular weight excluding hydrogens is 412 g/mol. The van der Waals surface area contributed by atoms with E-state index in [0.717, 1.165) is 54.2 Å². The summed E-state index contributed by atoms with van der Waals surface area (Å²) in [5.74, 6) is 0.752. The van der Waals surface area contributed by atoms with E-state index in [9.17, 15) is 4.79 Å². The molecule has 1 amide bonds. The molecule has 1 fully saturated rings. The van der Waals surface area contributed by atoms with E-state index in [1.807, 2.05) is 64.3 Å². The molecule has 1 aliphatic heterocycles. The molecule has 2 aromatic heterocycles. The van der Waals surface area contributed by atoms with Crippen LogP contribution >= 0.6 is 0 Å². The van der Waals surface area contributed by atoms with Crippen LogP contribution in [0.15, 0.2) is 67.0 Å². The van der Waals surface area contributed by atoms with Crippen LogP contribution in [0.2, 0.25) is 0 Å². The second-order valence-electron chi connectivity index (χ2n) is 8.68. The number of anilines is 2. The molecule has 4 aromatic rings. The Balaban J connectivity index is 1.32. The van der Waals surface area contributed by atoms with Gasteiger partial charge in [-0.3, -0.25) is 4.79 Å². The van der Waals surface area contributed by atoms with Crippen molar-refractivity contribution in [3.05, 3.63) is 78.1 Å². The normalized spacial score (nSPS) is 14.5. The number of aryl methyl sites for hydroxylation is 1. The number of hydrogen-bond donors (Lipinski definition) is 1. The number of benzene rings is 2. The molecule has 1 N–H and O–H groups in total. The van der Waals surface area contributed by atoms with Gasteiger partial charge in [-0.15, -0.1) is 0 Å². The number of carbonyl (C=O) groups is 1. The van der Waals surface area contributed by atoms with E-state index in [0.29, 0.717) is 12.4 Å². The summed E-state index contributed by atoms with van der Waals surface area (Å²) in [5.41, 5.74) is 5.02. The Bertz CT molecular complexity index is 1250. The number of hydrogen-bond acceptors (Lipinski definition) is 5. The van der Waals surface area contributed by atoms with Crippen molar-refractivity contribution in [1.29, 1.82) is 0 Å². The van der Waals surface area contributed by atoms with Crippen LogP contribution in [0.25, 0.3) is 16.7 Å². The van der Waals surface area contributed by atoms with E-state index in [2.05, 4.69) is 41.3 Å². The first-order valence-corrected chi connectivity index (χ1v) is 11.3. The van der Waals surface area contributed by atoms with Gasteiger partial charge in [-0.2, -0.15) is 4.98 Å². The third kappa shape index (κ3) is 4.73. The summed E-state index contributed by atoms with van der Waals surface area (Å²) in [6, 6.07) is 18.3. The van der Waals surface area contributed by atoms with E-state index in [-0.39, 0.29) is 5.91 Å². The molecule has 2 aromatic carbocycles. The van der Waals surface area contributed by atoms with Crippen molar-refractivity contribution in [2.75, 3.05) is 38.5 Å². The molecule has 1 saturated heterocycles. The molecule has 0 radical (unpaired) electrons. The van der Waals surface area contributed by atoms with Gasteiger partial charge in [0.05, 0.1) is 6.42 Å². The van der Waals surface area contributed by atoms with Crippen molar-refractivity contribution in [3.8, 4) is 5.69 Å². The Labute approximate surface area is 193 Å². The van der Waals surface area contributed by atoms with Crippen LogP contribution in [0.4, 0.5) is 11.6 Å². The number of nitrogens with one attached hydrogen (secondary N) is 1. The van der Waals surface area contributed by atoms with E-state index < -0.39 is 0 Å². The first kappa shape index (κ1) is 21.2. The zero-order valence-electron chi connectivity index (χ0n) is 19.0. The molecule has 0 aliphatic carbocycles. The minimum absolute atomic E-state index is 0.196. The van der Waals surface area contributed by atoms with Gasteiger partial charge in [-0.05, 0) is 49.9 Å². The Kier molecular flexibility index (Phi) is 5.79. The molecule has 0 bridgehead atoms. The first-order valence-electron chi connectivity index (χ1n) is 11.3. The number of piperazine rings is 1. The fourth-order valence-electron chi connectivity index (χ4n) is 4.07. The second kappa shape index (κ2) is 9.03. The van der Waals surface area contributed by atoms with E-state index >= 15 is 0 Å². The summed E-state index contributed by atoms with van der Waals surface area (Å²) in [7, 11) is 2.10. The third-order valence-corrected chi connectivity index (χ3v) is 6.16. The van der Waals surface area contributed by atoms with Crippen molar-refractivity contribution in [3.63, 3.8) is 0 Å². The lowest BCUT2D eigenvalue weighted by molar-refractivity contribution is -0.132. The minimum Gasteiger partial charge on any atom is -0.340 e. The molecule has 0 saturated carbocycles. The van der Waals surface area contributed by atoms with Crippen LogP contribution in [0.3, 0.4) is 0 Å². The molecule has 5 rings (SSSR count). The number of aromatic nitrogens is 3. The number of carbonyl (C=O) groups excluding carboxylic acids is 1. The van der Waals surface area contributed by atoms with Crippen molar-refractivity contribution >= 4 is 28.6 Å². The summed E-state index contributed by atoms with van der Waals surface area (Å²) >= 11 is 0. The summed E-state index contributed by atoms with van der Waals surface area (Å²) < 4.78 is 2.05. The molecular formula is C26H28N6O.